The molecule has 2 nitrogen and oxygen atoms in total. The minimum atomic E-state index is 1.06. The van der Waals surface area contributed by atoms with Gasteiger partial charge in [-0.05, 0) is 24.3 Å². The highest BCUT2D eigenvalue weighted by Crippen LogP contribution is 2.20. The summed E-state index contributed by atoms with van der Waals surface area (Å²) in [7, 11) is 0. The largest absolute Gasteiger partial charge is 0.371 e. The topological polar surface area (TPSA) is 15.6 Å². The average Bonchev–Trinajstić information content (AvgIpc) is 2.50. The van der Waals surface area contributed by atoms with Gasteiger partial charge in [-0.2, -0.15) is 0 Å². The van der Waals surface area contributed by atoms with Gasteiger partial charge in [0.2, 0.25) is 0 Å². The molecule has 3 rings (SSSR count). The molecule has 0 saturated carbocycles. The Balaban J connectivity index is 1.65. The molecule has 0 radical (unpaired) electrons. The molecule has 1 fully saturated rings. The molecule has 0 aliphatic carbocycles. The summed E-state index contributed by atoms with van der Waals surface area (Å²) in [5.41, 5.74) is 3.71. The van der Waals surface area contributed by atoms with Crippen LogP contribution in [0.5, 0.6) is 0 Å². The Morgan fingerprint density at radius 1 is 0.737 bits per heavy atom. The third kappa shape index (κ3) is 3.02. The summed E-state index contributed by atoms with van der Waals surface area (Å²) in [6.45, 7) is 2.13. The van der Waals surface area contributed by atoms with Gasteiger partial charge in [-0.15, -0.1) is 0 Å². The van der Waals surface area contributed by atoms with E-state index >= 15 is 0 Å². The molecular weight excluding hydrogens is 232 g/mol. The molecule has 19 heavy (non-hydrogen) atoms. The fraction of sp³-hybridized carbons (Fsp3) is 0.235. The van der Waals surface area contributed by atoms with Gasteiger partial charge in [0.1, 0.15) is 0 Å². The van der Waals surface area contributed by atoms with Gasteiger partial charge >= 0.3 is 0 Å². The standard InChI is InChI=1S/C17H18N2/c1-3-7-15(8-4-1)18-16-11-13-19(14-12-16)17-9-5-2-6-10-17/h1-10H,11-14H2. The molecule has 0 aromatic heterocycles. The van der Waals surface area contributed by atoms with Gasteiger partial charge in [0.25, 0.3) is 0 Å². The Labute approximate surface area is 114 Å². The van der Waals surface area contributed by atoms with Crippen LogP contribution in [-0.2, 0) is 0 Å². The van der Waals surface area contributed by atoms with Crippen molar-refractivity contribution in [2.24, 2.45) is 4.99 Å². The molecule has 2 aromatic carbocycles. The highest BCUT2D eigenvalue weighted by atomic mass is 15.1. The SMILES string of the molecule is c1ccc(N=C2CCN(c3ccccc3)CC2)cc1. The minimum Gasteiger partial charge on any atom is -0.371 e. The van der Waals surface area contributed by atoms with Crippen LogP contribution in [0.15, 0.2) is 65.7 Å². The van der Waals surface area contributed by atoms with E-state index in [0.717, 1.165) is 31.6 Å². The molecule has 1 aliphatic heterocycles. The lowest BCUT2D eigenvalue weighted by Gasteiger charge is -2.29. The second kappa shape index (κ2) is 5.70. The van der Waals surface area contributed by atoms with E-state index in [1.807, 2.05) is 18.2 Å². The Hall–Kier alpha value is -2.09. The average molecular weight is 250 g/mol. The van der Waals surface area contributed by atoms with Crippen molar-refractivity contribution < 1.29 is 0 Å². The Morgan fingerprint density at radius 3 is 1.95 bits per heavy atom. The van der Waals surface area contributed by atoms with Gasteiger partial charge in [0.15, 0.2) is 0 Å². The molecule has 0 atom stereocenters. The number of hydrogen-bond acceptors (Lipinski definition) is 2. The lowest BCUT2D eigenvalue weighted by Crippen LogP contribution is -2.33. The van der Waals surface area contributed by atoms with Crippen molar-refractivity contribution in [3.63, 3.8) is 0 Å². The molecule has 2 aromatic rings. The lowest BCUT2D eigenvalue weighted by atomic mass is 10.1. The maximum Gasteiger partial charge on any atom is 0.0629 e. The summed E-state index contributed by atoms with van der Waals surface area (Å²) in [5, 5.41) is 0. The van der Waals surface area contributed by atoms with E-state index in [4.69, 9.17) is 4.99 Å². The zero-order valence-electron chi connectivity index (χ0n) is 11.0. The van der Waals surface area contributed by atoms with E-state index in [9.17, 15) is 0 Å². The van der Waals surface area contributed by atoms with Crippen LogP contribution in [0.2, 0.25) is 0 Å². The maximum atomic E-state index is 4.74. The molecule has 1 aliphatic rings. The third-order valence-electron chi connectivity index (χ3n) is 3.51. The second-order valence-electron chi connectivity index (χ2n) is 4.84. The zero-order valence-corrected chi connectivity index (χ0v) is 11.0. The van der Waals surface area contributed by atoms with Crippen molar-refractivity contribution in [3.05, 3.63) is 60.7 Å². The van der Waals surface area contributed by atoms with Crippen LogP contribution in [0.3, 0.4) is 0 Å². The van der Waals surface area contributed by atoms with Gasteiger partial charge < -0.3 is 4.90 Å². The summed E-state index contributed by atoms with van der Waals surface area (Å²) in [4.78, 5) is 7.17. The van der Waals surface area contributed by atoms with Crippen molar-refractivity contribution in [2.45, 2.75) is 12.8 Å². The number of anilines is 1. The molecule has 0 bridgehead atoms. The monoisotopic (exact) mass is 250 g/mol. The Morgan fingerprint density at radius 2 is 1.32 bits per heavy atom. The van der Waals surface area contributed by atoms with E-state index in [0.29, 0.717) is 0 Å². The molecule has 0 unspecified atom stereocenters. The van der Waals surface area contributed by atoms with Crippen LogP contribution < -0.4 is 4.90 Å². The summed E-state index contributed by atoms with van der Waals surface area (Å²) in [5.74, 6) is 0. The summed E-state index contributed by atoms with van der Waals surface area (Å²) < 4.78 is 0. The maximum absolute atomic E-state index is 4.74. The van der Waals surface area contributed by atoms with Crippen LogP contribution in [0.1, 0.15) is 12.8 Å². The quantitative estimate of drug-likeness (QED) is 0.784. The number of para-hydroxylation sites is 2. The molecule has 0 N–H and O–H groups in total. The smallest absolute Gasteiger partial charge is 0.0629 e. The molecule has 2 heteroatoms. The first-order chi connectivity index (χ1) is 9.42. The number of aliphatic imine (C=N–C) groups is 1. The van der Waals surface area contributed by atoms with Gasteiger partial charge in [-0.1, -0.05) is 36.4 Å². The Kier molecular flexibility index (Phi) is 3.59. The van der Waals surface area contributed by atoms with E-state index in [1.54, 1.807) is 0 Å². The zero-order chi connectivity index (χ0) is 12.9. The number of hydrogen-bond donors (Lipinski definition) is 0. The van der Waals surface area contributed by atoms with E-state index in [1.165, 1.54) is 11.4 Å². The lowest BCUT2D eigenvalue weighted by molar-refractivity contribution is 0.759. The van der Waals surface area contributed by atoms with Gasteiger partial charge in [0, 0.05) is 37.3 Å². The third-order valence-corrected chi connectivity index (χ3v) is 3.51. The Bertz CT molecular complexity index is 536. The molecule has 1 heterocycles. The van der Waals surface area contributed by atoms with Crippen molar-refractivity contribution in [1.29, 1.82) is 0 Å². The van der Waals surface area contributed by atoms with Crippen molar-refractivity contribution in [2.75, 3.05) is 18.0 Å². The highest BCUT2D eigenvalue weighted by molar-refractivity contribution is 5.88. The first kappa shape index (κ1) is 12.0. The fourth-order valence-electron chi connectivity index (χ4n) is 2.46. The van der Waals surface area contributed by atoms with Crippen molar-refractivity contribution in [1.82, 2.24) is 0 Å². The van der Waals surface area contributed by atoms with Gasteiger partial charge in [0.05, 0.1) is 5.69 Å². The van der Waals surface area contributed by atoms with Crippen LogP contribution in [0.25, 0.3) is 0 Å². The van der Waals surface area contributed by atoms with E-state index in [2.05, 4.69) is 47.4 Å². The normalized spacial score (nSPS) is 15.4. The van der Waals surface area contributed by atoms with Crippen molar-refractivity contribution in [3.8, 4) is 0 Å². The minimum absolute atomic E-state index is 1.06. The summed E-state index contributed by atoms with van der Waals surface area (Å²) in [6, 6.07) is 20.9. The highest BCUT2D eigenvalue weighted by Gasteiger charge is 2.14. The predicted octanol–water partition coefficient (Wildman–Crippen LogP) is 4.06. The fourth-order valence-corrected chi connectivity index (χ4v) is 2.46. The summed E-state index contributed by atoms with van der Waals surface area (Å²) in [6.07, 6.45) is 2.12. The van der Waals surface area contributed by atoms with Gasteiger partial charge in [-0.3, -0.25) is 4.99 Å². The summed E-state index contributed by atoms with van der Waals surface area (Å²) >= 11 is 0. The van der Waals surface area contributed by atoms with Crippen molar-refractivity contribution >= 4 is 17.1 Å². The molecule has 1 saturated heterocycles. The molecule has 96 valence electrons. The number of piperidine rings is 1. The first-order valence-electron chi connectivity index (χ1n) is 6.83. The number of nitrogens with zero attached hydrogens (tertiary/aromatic N) is 2. The van der Waals surface area contributed by atoms with Crippen LogP contribution in [0.4, 0.5) is 11.4 Å². The predicted molar refractivity (Wildman–Crippen MR) is 81.4 cm³/mol. The molecule has 0 amide bonds. The van der Waals surface area contributed by atoms with Crippen LogP contribution in [-0.4, -0.2) is 18.8 Å². The number of rotatable bonds is 2. The van der Waals surface area contributed by atoms with Gasteiger partial charge in [-0.25, -0.2) is 0 Å². The number of benzene rings is 2. The van der Waals surface area contributed by atoms with Crippen LogP contribution >= 0.6 is 0 Å². The van der Waals surface area contributed by atoms with E-state index < -0.39 is 0 Å². The second-order valence-corrected chi connectivity index (χ2v) is 4.84. The van der Waals surface area contributed by atoms with E-state index in [-0.39, 0.29) is 0 Å². The molecule has 0 spiro atoms. The molecular formula is C17H18N2. The van der Waals surface area contributed by atoms with Crippen LogP contribution in [0, 0.1) is 0 Å². The first-order valence-corrected chi connectivity index (χ1v) is 6.83.